The Morgan fingerprint density at radius 1 is 1.39 bits per heavy atom. The van der Waals surface area contributed by atoms with E-state index in [2.05, 4.69) is 15.3 Å². The van der Waals surface area contributed by atoms with E-state index in [4.69, 9.17) is 4.74 Å². The molecule has 2 aromatic rings. The molecule has 1 atom stereocenters. The van der Waals surface area contributed by atoms with Gasteiger partial charge in [0, 0.05) is 18.0 Å². The molecule has 5 heteroatoms. The van der Waals surface area contributed by atoms with Crippen LogP contribution in [-0.4, -0.2) is 23.6 Å². The number of methoxy groups -OCH3 is 1. The molecule has 0 fully saturated rings. The molecule has 1 aliphatic rings. The van der Waals surface area contributed by atoms with E-state index in [9.17, 15) is 4.79 Å². The van der Waals surface area contributed by atoms with E-state index < -0.39 is 0 Å². The van der Waals surface area contributed by atoms with Crippen molar-refractivity contribution in [1.29, 1.82) is 0 Å². The maximum absolute atomic E-state index is 11.9. The third-order valence-electron chi connectivity index (χ3n) is 3.23. The quantitative estimate of drug-likeness (QED) is 0.835. The van der Waals surface area contributed by atoms with Crippen molar-refractivity contribution in [2.24, 2.45) is 0 Å². The number of aromatic amines is 1. The van der Waals surface area contributed by atoms with Gasteiger partial charge < -0.3 is 15.0 Å². The van der Waals surface area contributed by atoms with Gasteiger partial charge in [-0.3, -0.25) is 4.79 Å². The molecule has 0 saturated heterocycles. The summed E-state index contributed by atoms with van der Waals surface area (Å²) in [5.74, 6) is 1.43. The zero-order valence-corrected chi connectivity index (χ0v) is 9.93. The zero-order valence-electron chi connectivity index (χ0n) is 9.93. The van der Waals surface area contributed by atoms with E-state index >= 15 is 0 Å². The molecule has 1 aromatic carbocycles. The number of ether oxygens (including phenoxy) is 1. The van der Waals surface area contributed by atoms with Crippen LogP contribution in [0.1, 0.15) is 17.0 Å². The first kappa shape index (κ1) is 10.8. The van der Waals surface area contributed by atoms with Crippen LogP contribution in [0, 0.1) is 0 Å². The predicted octanol–water partition coefficient (Wildman–Crippen LogP) is 1.34. The fourth-order valence-electron chi connectivity index (χ4n) is 2.39. The monoisotopic (exact) mass is 243 g/mol. The van der Waals surface area contributed by atoms with Gasteiger partial charge >= 0.3 is 0 Å². The lowest BCUT2D eigenvalue weighted by molar-refractivity contribution is 0.408. The van der Waals surface area contributed by atoms with Crippen LogP contribution in [0.15, 0.2) is 35.4 Å². The Labute approximate surface area is 104 Å². The standard InChI is InChI=1S/C13H13N3O2/c1-18-10-5-3-2-4-8(10)9-6-14-12-11(9)13(17)16-7-15-12/h2-5,7,9H,6H2,1H3,(H2,14,15,16,17)/t9-/m0/s1. The first-order chi connectivity index (χ1) is 8.81. The number of hydrogen-bond acceptors (Lipinski definition) is 4. The molecule has 92 valence electrons. The van der Waals surface area contributed by atoms with Crippen molar-refractivity contribution in [3.05, 3.63) is 52.1 Å². The van der Waals surface area contributed by atoms with Crippen molar-refractivity contribution < 1.29 is 4.74 Å². The van der Waals surface area contributed by atoms with Crippen LogP contribution in [0.3, 0.4) is 0 Å². The third kappa shape index (κ3) is 1.55. The number of hydrogen-bond donors (Lipinski definition) is 2. The van der Waals surface area contributed by atoms with Crippen molar-refractivity contribution in [3.8, 4) is 5.75 Å². The summed E-state index contributed by atoms with van der Waals surface area (Å²) in [5.41, 5.74) is 1.59. The summed E-state index contributed by atoms with van der Waals surface area (Å²) in [4.78, 5) is 18.7. The first-order valence-corrected chi connectivity index (χ1v) is 5.75. The van der Waals surface area contributed by atoms with Crippen molar-refractivity contribution in [2.75, 3.05) is 19.0 Å². The minimum atomic E-state index is -0.0964. The Bertz CT molecular complexity index is 636. The second-order valence-corrected chi connectivity index (χ2v) is 4.17. The van der Waals surface area contributed by atoms with E-state index in [1.807, 2.05) is 24.3 Å². The third-order valence-corrected chi connectivity index (χ3v) is 3.23. The molecule has 0 amide bonds. The summed E-state index contributed by atoms with van der Waals surface area (Å²) in [6, 6.07) is 7.74. The number of nitrogens with one attached hydrogen (secondary N) is 2. The van der Waals surface area contributed by atoms with Crippen LogP contribution >= 0.6 is 0 Å². The molecular weight excluding hydrogens is 230 g/mol. The smallest absolute Gasteiger partial charge is 0.256 e. The number of benzene rings is 1. The summed E-state index contributed by atoms with van der Waals surface area (Å²) in [7, 11) is 1.63. The summed E-state index contributed by atoms with van der Waals surface area (Å²) < 4.78 is 5.35. The molecule has 1 aliphatic heterocycles. The van der Waals surface area contributed by atoms with E-state index in [-0.39, 0.29) is 11.5 Å². The molecule has 2 N–H and O–H groups in total. The van der Waals surface area contributed by atoms with Gasteiger partial charge in [0.15, 0.2) is 0 Å². The number of anilines is 1. The molecule has 0 aliphatic carbocycles. The van der Waals surface area contributed by atoms with Crippen molar-refractivity contribution in [2.45, 2.75) is 5.92 Å². The van der Waals surface area contributed by atoms with Gasteiger partial charge in [0.2, 0.25) is 0 Å². The molecule has 18 heavy (non-hydrogen) atoms. The second kappa shape index (κ2) is 4.18. The highest BCUT2D eigenvalue weighted by atomic mass is 16.5. The zero-order chi connectivity index (χ0) is 12.5. The van der Waals surface area contributed by atoms with Crippen LogP contribution < -0.4 is 15.6 Å². The SMILES string of the molecule is COc1ccccc1[C@@H]1CNc2nc[nH]c(=O)c21. The lowest BCUT2D eigenvalue weighted by atomic mass is 9.94. The number of nitrogens with zero attached hydrogens (tertiary/aromatic N) is 1. The van der Waals surface area contributed by atoms with Crippen LogP contribution in [0.4, 0.5) is 5.82 Å². The maximum Gasteiger partial charge on any atom is 0.256 e. The minimum absolute atomic E-state index is 0.0198. The predicted molar refractivity (Wildman–Crippen MR) is 68.2 cm³/mol. The van der Waals surface area contributed by atoms with Gasteiger partial charge in [-0.2, -0.15) is 0 Å². The van der Waals surface area contributed by atoms with Gasteiger partial charge in [-0.05, 0) is 6.07 Å². The largest absolute Gasteiger partial charge is 0.496 e. The summed E-state index contributed by atoms with van der Waals surface area (Å²) in [6.07, 6.45) is 1.42. The lowest BCUT2D eigenvalue weighted by Gasteiger charge is -2.13. The van der Waals surface area contributed by atoms with Gasteiger partial charge in [-0.25, -0.2) is 4.98 Å². The van der Waals surface area contributed by atoms with E-state index in [1.165, 1.54) is 6.33 Å². The fourth-order valence-corrected chi connectivity index (χ4v) is 2.39. The van der Waals surface area contributed by atoms with Crippen LogP contribution in [0.5, 0.6) is 5.75 Å². The normalized spacial score (nSPS) is 17.1. The Kier molecular flexibility index (Phi) is 2.51. The average molecular weight is 243 g/mol. The highest BCUT2D eigenvalue weighted by Gasteiger charge is 2.29. The molecule has 2 heterocycles. The summed E-state index contributed by atoms with van der Waals surface area (Å²) >= 11 is 0. The number of fused-ring (bicyclic) bond motifs is 1. The molecule has 3 rings (SSSR count). The van der Waals surface area contributed by atoms with E-state index in [1.54, 1.807) is 7.11 Å². The van der Waals surface area contributed by atoms with Gasteiger partial charge in [-0.15, -0.1) is 0 Å². The topological polar surface area (TPSA) is 67.0 Å². The number of H-pyrrole nitrogens is 1. The Morgan fingerprint density at radius 3 is 3.06 bits per heavy atom. The molecule has 1 aromatic heterocycles. The van der Waals surface area contributed by atoms with Crippen molar-refractivity contribution in [3.63, 3.8) is 0 Å². The first-order valence-electron chi connectivity index (χ1n) is 5.75. The molecule has 0 radical (unpaired) electrons. The molecule has 0 saturated carbocycles. The van der Waals surface area contributed by atoms with Gasteiger partial charge in [0.05, 0.1) is 19.0 Å². The minimum Gasteiger partial charge on any atom is -0.496 e. The Hall–Kier alpha value is -2.30. The van der Waals surface area contributed by atoms with Gasteiger partial charge in [0.25, 0.3) is 5.56 Å². The number of para-hydroxylation sites is 1. The number of rotatable bonds is 2. The second-order valence-electron chi connectivity index (χ2n) is 4.17. The highest BCUT2D eigenvalue weighted by molar-refractivity contribution is 5.56. The van der Waals surface area contributed by atoms with Crippen molar-refractivity contribution >= 4 is 5.82 Å². The molecular formula is C13H13N3O2. The highest BCUT2D eigenvalue weighted by Crippen LogP contribution is 2.36. The van der Waals surface area contributed by atoms with Crippen LogP contribution in [-0.2, 0) is 0 Å². The van der Waals surface area contributed by atoms with Gasteiger partial charge in [-0.1, -0.05) is 18.2 Å². The summed E-state index contributed by atoms with van der Waals surface area (Å²) in [5, 5.41) is 3.15. The van der Waals surface area contributed by atoms with E-state index in [0.717, 1.165) is 11.3 Å². The summed E-state index contributed by atoms with van der Waals surface area (Å²) in [6.45, 7) is 0.663. The average Bonchev–Trinajstić information content (AvgIpc) is 2.84. The fraction of sp³-hybridized carbons (Fsp3) is 0.231. The van der Waals surface area contributed by atoms with Crippen molar-refractivity contribution in [1.82, 2.24) is 9.97 Å². The Balaban J connectivity index is 2.15. The maximum atomic E-state index is 11.9. The van der Waals surface area contributed by atoms with Crippen LogP contribution in [0.2, 0.25) is 0 Å². The molecule has 0 spiro atoms. The van der Waals surface area contributed by atoms with Crippen LogP contribution in [0.25, 0.3) is 0 Å². The molecule has 0 bridgehead atoms. The Morgan fingerprint density at radius 2 is 2.22 bits per heavy atom. The molecule has 0 unspecified atom stereocenters. The van der Waals surface area contributed by atoms with E-state index in [0.29, 0.717) is 17.9 Å². The lowest BCUT2D eigenvalue weighted by Crippen LogP contribution is -2.15. The van der Waals surface area contributed by atoms with Gasteiger partial charge in [0.1, 0.15) is 11.6 Å². The molecule has 5 nitrogen and oxygen atoms in total. The number of aromatic nitrogens is 2.